The minimum atomic E-state index is -1.04. The highest BCUT2D eigenvalue weighted by Gasteiger charge is 2.44. The first-order valence-corrected chi connectivity index (χ1v) is 8.50. The van der Waals surface area contributed by atoms with Gasteiger partial charge in [-0.25, -0.2) is 4.79 Å². The van der Waals surface area contributed by atoms with Gasteiger partial charge in [0, 0.05) is 37.8 Å². The molecule has 1 saturated heterocycles. The molecule has 2 aliphatic heterocycles. The summed E-state index contributed by atoms with van der Waals surface area (Å²) < 4.78 is 5.77. The van der Waals surface area contributed by atoms with Crippen LogP contribution in [0.1, 0.15) is 61.9 Å². The molecular weight excluding hydrogens is 324 g/mol. The van der Waals surface area contributed by atoms with Crippen molar-refractivity contribution in [2.24, 2.45) is 5.16 Å². The number of carbonyl (C=O) groups excluding carboxylic acids is 1. The van der Waals surface area contributed by atoms with Gasteiger partial charge in [-0.1, -0.05) is 25.9 Å². The average Bonchev–Trinajstić information content (AvgIpc) is 3.12. The van der Waals surface area contributed by atoms with Gasteiger partial charge >= 0.3 is 5.97 Å². The Morgan fingerprint density at radius 3 is 2.40 bits per heavy atom. The van der Waals surface area contributed by atoms with Crippen LogP contribution in [0.3, 0.4) is 0 Å². The maximum Gasteiger partial charge on any atom is 0.353 e. The first-order valence-electron chi connectivity index (χ1n) is 8.50. The topological polar surface area (TPSA) is 92.3 Å². The third-order valence-corrected chi connectivity index (χ3v) is 4.94. The molecule has 1 aromatic rings. The number of furan rings is 1. The Morgan fingerprint density at radius 1 is 1.28 bits per heavy atom. The summed E-state index contributed by atoms with van der Waals surface area (Å²) in [4.78, 5) is 31.0. The first kappa shape index (κ1) is 17.5. The fraction of sp³-hybridized carbons (Fsp3) is 0.611. The molecule has 0 saturated carbocycles. The zero-order chi connectivity index (χ0) is 18.4. The number of rotatable bonds is 2. The predicted molar refractivity (Wildman–Crippen MR) is 90.8 cm³/mol. The Kier molecular flexibility index (Phi) is 4.13. The predicted octanol–water partition coefficient (Wildman–Crippen LogP) is 2.72. The molecule has 1 amide bonds. The molecule has 0 atom stereocenters. The number of hydrogen-bond donors (Lipinski definition) is 1. The zero-order valence-corrected chi connectivity index (χ0v) is 15.1. The van der Waals surface area contributed by atoms with Gasteiger partial charge in [0.25, 0.3) is 5.91 Å². The van der Waals surface area contributed by atoms with Crippen molar-refractivity contribution in [3.05, 3.63) is 23.2 Å². The quantitative estimate of drug-likeness (QED) is 0.887. The van der Waals surface area contributed by atoms with Crippen LogP contribution in [0.4, 0.5) is 0 Å². The molecular formula is C18H24N2O5. The van der Waals surface area contributed by atoms with Gasteiger partial charge in [-0.15, -0.1) is 0 Å². The molecule has 0 aromatic carbocycles. The molecule has 0 bridgehead atoms. The van der Waals surface area contributed by atoms with E-state index in [-0.39, 0.29) is 17.0 Å². The van der Waals surface area contributed by atoms with E-state index in [4.69, 9.17) is 14.4 Å². The number of carbonyl (C=O) groups is 2. The number of likely N-dealkylation sites (tertiary alicyclic amines) is 1. The Balaban J connectivity index is 1.67. The van der Waals surface area contributed by atoms with Crippen molar-refractivity contribution in [1.29, 1.82) is 0 Å². The molecule has 136 valence electrons. The molecule has 0 unspecified atom stereocenters. The van der Waals surface area contributed by atoms with E-state index < -0.39 is 11.6 Å². The van der Waals surface area contributed by atoms with Crippen LogP contribution in [0.25, 0.3) is 0 Å². The van der Waals surface area contributed by atoms with Crippen molar-refractivity contribution in [3.8, 4) is 0 Å². The van der Waals surface area contributed by atoms with Crippen LogP contribution in [0, 0.1) is 6.92 Å². The van der Waals surface area contributed by atoms with E-state index in [1.54, 1.807) is 11.8 Å². The van der Waals surface area contributed by atoms with Gasteiger partial charge in [-0.05, 0) is 13.0 Å². The normalized spacial score (nSPS) is 19.7. The van der Waals surface area contributed by atoms with E-state index >= 15 is 0 Å². The fourth-order valence-electron chi connectivity index (χ4n) is 3.26. The molecule has 1 spiro atoms. The molecule has 3 rings (SSSR count). The van der Waals surface area contributed by atoms with Crippen molar-refractivity contribution >= 4 is 17.6 Å². The number of nitrogens with zero attached hydrogens (tertiary/aromatic N) is 2. The van der Waals surface area contributed by atoms with Crippen molar-refractivity contribution in [3.63, 3.8) is 0 Å². The number of amides is 1. The summed E-state index contributed by atoms with van der Waals surface area (Å²) in [5, 5.41) is 12.7. The standard InChI is InChI=1S/C18H24N2O5/c1-11-12(9-14(24-11)17(2,3)4)15(21)20-7-5-18(6-8-20)10-13(16(22)23)19-25-18/h9H,5-8,10H2,1-4H3,(H,22,23). The van der Waals surface area contributed by atoms with Gasteiger partial charge in [0.1, 0.15) is 17.1 Å². The average molecular weight is 348 g/mol. The highest BCUT2D eigenvalue weighted by molar-refractivity contribution is 6.36. The maximum absolute atomic E-state index is 12.8. The third kappa shape index (κ3) is 3.27. The van der Waals surface area contributed by atoms with Gasteiger partial charge in [-0.2, -0.15) is 0 Å². The summed E-state index contributed by atoms with van der Waals surface area (Å²) in [7, 11) is 0. The van der Waals surface area contributed by atoms with Crippen LogP contribution < -0.4 is 0 Å². The second kappa shape index (κ2) is 5.89. The molecule has 0 radical (unpaired) electrons. The SMILES string of the molecule is Cc1oc(C(C)(C)C)cc1C(=O)N1CCC2(CC1)CC(C(=O)O)=NO2. The minimum Gasteiger partial charge on any atom is -0.477 e. The molecule has 2 aliphatic rings. The lowest BCUT2D eigenvalue weighted by atomic mass is 9.86. The van der Waals surface area contributed by atoms with E-state index in [1.165, 1.54) is 0 Å². The van der Waals surface area contributed by atoms with E-state index in [9.17, 15) is 9.59 Å². The second-order valence-corrected chi connectivity index (χ2v) is 7.92. The van der Waals surface area contributed by atoms with E-state index in [1.807, 2.05) is 26.8 Å². The number of aryl methyl sites for hydroxylation is 1. The molecule has 7 nitrogen and oxygen atoms in total. The zero-order valence-electron chi connectivity index (χ0n) is 15.1. The summed E-state index contributed by atoms with van der Waals surface area (Å²) >= 11 is 0. The first-order chi connectivity index (χ1) is 11.6. The van der Waals surface area contributed by atoms with Crippen molar-refractivity contribution in [2.45, 2.75) is 58.0 Å². The third-order valence-electron chi connectivity index (χ3n) is 4.94. The fourth-order valence-corrected chi connectivity index (χ4v) is 3.26. The number of piperidine rings is 1. The number of aliphatic carboxylic acids is 1. The number of carboxylic acid groups (broad SMARTS) is 1. The van der Waals surface area contributed by atoms with Crippen LogP contribution in [-0.2, 0) is 15.0 Å². The molecule has 7 heteroatoms. The van der Waals surface area contributed by atoms with E-state index in [0.29, 0.717) is 43.7 Å². The summed E-state index contributed by atoms with van der Waals surface area (Å²) in [5.74, 6) is 0.326. The maximum atomic E-state index is 12.8. The monoisotopic (exact) mass is 348 g/mol. The highest BCUT2D eigenvalue weighted by Crippen LogP contribution is 2.35. The van der Waals surface area contributed by atoms with Gasteiger partial charge in [-0.3, -0.25) is 4.79 Å². The smallest absolute Gasteiger partial charge is 0.353 e. The lowest BCUT2D eigenvalue weighted by Gasteiger charge is -2.37. The Morgan fingerprint density at radius 2 is 1.92 bits per heavy atom. The van der Waals surface area contributed by atoms with E-state index in [0.717, 1.165) is 5.76 Å². The molecule has 25 heavy (non-hydrogen) atoms. The van der Waals surface area contributed by atoms with Crippen molar-refractivity contribution < 1.29 is 24.0 Å². The van der Waals surface area contributed by atoms with Crippen molar-refractivity contribution in [2.75, 3.05) is 13.1 Å². The van der Waals surface area contributed by atoms with Gasteiger partial charge in [0.05, 0.1) is 5.56 Å². The molecule has 0 aliphatic carbocycles. The van der Waals surface area contributed by atoms with Crippen LogP contribution >= 0.6 is 0 Å². The summed E-state index contributed by atoms with van der Waals surface area (Å²) in [6.07, 6.45) is 1.44. The Hall–Kier alpha value is -2.31. The lowest BCUT2D eigenvalue weighted by molar-refractivity contribution is -0.129. The Bertz CT molecular complexity index is 733. The second-order valence-electron chi connectivity index (χ2n) is 7.92. The number of oxime groups is 1. The number of carboxylic acids is 1. The van der Waals surface area contributed by atoms with Crippen LogP contribution in [0.5, 0.6) is 0 Å². The van der Waals surface area contributed by atoms with Gasteiger partial charge in [0.15, 0.2) is 5.71 Å². The minimum absolute atomic E-state index is 0.0519. The van der Waals surface area contributed by atoms with Crippen LogP contribution in [0.15, 0.2) is 15.6 Å². The largest absolute Gasteiger partial charge is 0.477 e. The lowest BCUT2D eigenvalue weighted by Crippen LogP contribution is -2.47. The molecule has 1 aromatic heterocycles. The van der Waals surface area contributed by atoms with Gasteiger partial charge in [0.2, 0.25) is 0 Å². The van der Waals surface area contributed by atoms with Crippen LogP contribution in [-0.4, -0.2) is 46.3 Å². The summed E-state index contributed by atoms with van der Waals surface area (Å²) in [6, 6.07) is 1.83. The van der Waals surface area contributed by atoms with Crippen LogP contribution in [0.2, 0.25) is 0 Å². The summed E-state index contributed by atoms with van der Waals surface area (Å²) in [5.41, 5.74) is -0.0831. The molecule has 1 N–H and O–H groups in total. The summed E-state index contributed by atoms with van der Waals surface area (Å²) in [6.45, 7) is 8.96. The highest BCUT2D eigenvalue weighted by atomic mass is 16.7. The van der Waals surface area contributed by atoms with Gasteiger partial charge < -0.3 is 19.3 Å². The molecule has 3 heterocycles. The van der Waals surface area contributed by atoms with E-state index in [2.05, 4.69) is 5.16 Å². The number of hydrogen-bond acceptors (Lipinski definition) is 5. The Labute approximate surface area is 146 Å². The molecule has 1 fully saturated rings. The van der Waals surface area contributed by atoms with Crippen molar-refractivity contribution in [1.82, 2.24) is 4.90 Å².